The molecule has 152 valence electrons. The molecule has 5 heteroatoms. The highest BCUT2D eigenvalue weighted by molar-refractivity contribution is 5.93. The molecule has 1 aliphatic rings. The van der Waals surface area contributed by atoms with Gasteiger partial charge in [-0.05, 0) is 50.5 Å². The highest BCUT2D eigenvalue weighted by Crippen LogP contribution is 2.27. The minimum Gasteiger partial charge on any atom is -1.00 e. The van der Waals surface area contributed by atoms with Crippen LogP contribution >= 0.6 is 0 Å². The lowest BCUT2D eigenvalue weighted by Crippen LogP contribution is -3.00. The van der Waals surface area contributed by atoms with Crippen molar-refractivity contribution >= 4 is 11.6 Å². The zero-order valence-corrected chi connectivity index (χ0v) is 17.9. The van der Waals surface area contributed by atoms with E-state index in [0.717, 1.165) is 37.2 Å². The van der Waals surface area contributed by atoms with Crippen molar-refractivity contribution in [3.05, 3.63) is 65.2 Å². The van der Waals surface area contributed by atoms with Gasteiger partial charge in [0.25, 0.3) is 0 Å². The van der Waals surface area contributed by atoms with Gasteiger partial charge in [-0.25, -0.2) is 0 Å². The van der Waals surface area contributed by atoms with Crippen molar-refractivity contribution in [2.75, 3.05) is 25.5 Å². The molecule has 1 heterocycles. The first-order chi connectivity index (χ1) is 13.0. The number of nitrogens with zero attached hydrogens (tertiary/aromatic N) is 1. The third-order valence-electron chi connectivity index (χ3n) is 5.69. The first-order valence-electron chi connectivity index (χ1n) is 9.97. The van der Waals surface area contributed by atoms with Crippen LogP contribution in [0.15, 0.2) is 48.5 Å². The van der Waals surface area contributed by atoms with Crippen molar-refractivity contribution in [1.82, 2.24) is 4.90 Å². The quantitative estimate of drug-likeness (QED) is 0.763. The number of benzene rings is 2. The van der Waals surface area contributed by atoms with Crippen LogP contribution in [0, 0.1) is 5.92 Å². The van der Waals surface area contributed by atoms with E-state index >= 15 is 0 Å². The van der Waals surface area contributed by atoms with Crippen molar-refractivity contribution in [1.29, 1.82) is 0 Å². The van der Waals surface area contributed by atoms with Crippen LogP contribution in [0.1, 0.15) is 55.3 Å². The maximum absolute atomic E-state index is 12.8. The second-order valence-corrected chi connectivity index (χ2v) is 8.03. The zero-order valence-electron chi connectivity index (χ0n) is 17.1. The number of piperidine rings is 1. The van der Waals surface area contributed by atoms with Gasteiger partial charge in [-0.2, -0.15) is 0 Å². The van der Waals surface area contributed by atoms with Crippen LogP contribution < -0.4 is 23.5 Å². The standard InChI is InChI=1S/C23H31N3O.ClH/c1-16(2)17-8-10-18(11-9-17)22(24)20-6-4-5-7-21(20)25-23(27)19-12-14-26(3)15-13-19;/h4-11,16,19,22H,12-15,24H2,1-3H3,(H,25,27);1H/t22-;/m1./s1. The lowest BCUT2D eigenvalue weighted by Gasteiger charge is -2.28. The summed E-state index contributed by atoms with van der Waals surface area (Å²) in [4.78, 5) is 15.0. The van der Waals surface area contributed by atoms with E-state index in [1.165, 1.54) is 11.1 Å². The van der Waals surface area contributed by atoms with Gasteiger partial charge in [-0.3, -0.25) is 4.79 Å². The van der Waals surface area contributed by atoms with E-state index in [0.29, 0.717) is 5.92 Å². The summed E-state index contributed by atoms with van der Waals surface area (Å²) in [5, 5.41) is 3.18. The van der Waals surface area contributed by atoms with Gasteiger partial charge in [-0.15, -0.1) is 0 Å². The van der Waals surface area contributed by atoms with Gasteiger partial charge in [-0.1, -0.05) is 56.3 Å². The van der Waals surface area contributed by atoms with E-state index in [1.807, 2.05) is 18.2 Å². The Hall–Kier alpha value is -1.88. The van der Waals surface area contributed by atoms with Crippen molar-refractivity contribution in [2.45, 2.75) is 38.6 Å². The monoisotopic (exact) mass is 401 g/mol. The Morgan fingerprint density at radius 3 is 2.21 bits per heavy atom. The number of rotatable bonds is 5. The van der Waals surface area contributed by atoms with Crippen molar-refractivity contribution in [3.63, 3.8) is 0 Å². The first-order valence-corrected chi connectivity index (χ1v) is 9.97. The molecule has 0 aliphatic carbocycles. The van der Waals surface area contributed by atoms with Gasteiger partial charge in [0.15, 0.2) is 0 Å². The molecular formula is C23H32ClN3O. The average Bonchev–Trinajstić information content (AvgIpc) is 2.68. The number of carbonyl (C=O) groups is 1. The van der Waals surface area contributed by atoms with Crippen LogP contribution in [0.4, 0.5) is 5.69 Å². The number of nitrogens with one attached hydrogen (secondary N) is 1. The minimum absolute atomic E-state index is 0. The van der Waals surface area contributed by atoms with Crippen LogP contribution in [0.2, 0.25) is 0 Å². The Bertz CT molecular complexity index is 768. The van der Waals surface area contributed by atoms with E-state index in [1.54, 1.807) is 0 Å². The summed E-state index contributed by atoms with van der Waals surface area (Å²) in [5.41, 5.74) is 8.83. The molecule has 4 N–H and O–H groups in total. The normalized spacial score (nSPS) is 16.5. The minimum atomic E-state index is -0.0137. The van der Waals surface area contributed by atoms with Crippen LogP contribution in [0.5, 0.6) is 0 Å². The molecule has 4 nitrogen and oxygen atoms in total. The predicted octanol–water partition coefficient (Wildman–Crippen LogP) is 0.426. The SMILES string of the molecule is CC(C)c1ccc([C@@H]([NH3+])c2ccccc2NC(=O)C2CCN(C)CC2)cc1.[Cl-]. The second-order valence-electron chi connectivity index (χ2n) is 8.03. The zero-order chi connectivity index (χ0) is 19.4. The van der Waals surface area contributed by atoms with Gasteiger partial charge in [0.1, 0.15) is 6.04 Å². The van der Waals surface area contributed by atoms with Crippen LogP contribution in [0.25, 0.3) is 0 Å². The molecule has 3 rings (SSSR count). The van der Waals surface area contributed by atoms with E-state index < -0.39 is 0 Å². The molecule has 0 radical (unpaired) electrons. The van der Waals surface area contributed by atoms with Crippen molar-refractivity contribution in [3.8, 4) is 0 Å². The molecule has 1 fully saturated rings. The maximum atomic E-state index is 12.8. The summed E-state index contributed by atoms with van der Waals surface area (Å²) >= 11 is 0. The smallest absolute Gasteiger partial charge is 0.227 e. The third kappa shape index (κ3) is 5.34. The fourth-order valence-electron chi connectivity index (χ4n) is 3.71. The molecule has 0 spiro atoms. The van der Waals surface area contributed by atoms with E-state index in [-0.39, 0.29) is 30.3 Å². The summed E-state index contributed by atoms with van der Waals surface area (Å²) in [6.07, 6.45) is 1.85. The van der Waals surface area contributed by atoms with E-state index in [2.05, 4.69) is 67.2 Å². The van der Waals surface area contributed by atoms with Crippen molar-refractivity contribution in [2.24, 2.45) is 5.92 Å². The Kier molecular flexibility index (Phi) is 8.05. The maximum Gasteiger partial charge on any atom is 0.227 e. The fourth-order valence-corrected chi connectivity index (χ4v) is 3.71. The molecule has 28 heavy (non-hydrogen) atoms. The Morgan fingerprint density at radius 1 is 1.04 bits per heavy atom. The number of amides is 1. The number of carbonyl (C=O) groups excluding carboxylic acids is 1. The first kappa shape index (κ1) is 22.4. The number of anilines is 1. The summed E-state index contributed by atoms with van der Waals surface area (Å²) in [6.45, 7) is 6.37. The molecule has 1 amide bonds. The summed E-state index contributed by atoms with van der Waals surface area (Å²) in [6, 6.07) is 16.7. The van der Waals surface area contributed by atoms with Crippen LogP contribution in [0.3, 0.4) is 0 Å². The number of halogens is 1. The number of likely N-dealkylation sites (tertiary alicyclic amines) is 1. The molecule has 0 bridgehead atoms. The second kappa shape index (κ2) is 10.1. The van der Waals surface area contributed by atoms with Crippen LogP contribution in [-0.4, -0.2) is 30.9 Å². The predicted molar refractivity (Wildman–Crippen MR) is 111 cm³/mol. The molecule has 0 aromatic heterocycles. The average molecular weight is 402 g/mol. The lowest BCUT2D eigenvalue weighted by molar-refractivity contribution is -0.411. The summed E-state index contributed by atoms with van der Waals surface area (Å²) in [7, 11) is 2.11. The highest BCUT2D eigenvalue weighted by atomic mass is 35.5. The van der Waals surface area contributed by atoms with Gasteiger partial charge in [0.2, 0.25) is 5.91 Å². The molecule has 0 unspecified atom stereocenters. The molecule has 1 saturated heterocycles. The van der Waals surface area contributed by atoms with Crippen molar-refractivity contribution < 1.29 is 22.9 Å². The molecule has 1 atom stereocenters. The van der Waals surface area contributed by atoms with Gasteiger partial charge >= 0.3 is 0 Å². The van der Waals surface area contributed by atoms with E-state index in [4.69, 9.17) is 0 Å². The Labute approximate surface area is 174 Å². The lowest BCUT2D eigenvalue weighted by atomic mass is 9.93. The molecule has 1 aliphatic heterocycles. The largest absolute Gasteiger partial charge is 1.00 e. The molecule has 2 aromatic carbocycles. The summed E-state index contributed by atoms with van der Waals surface area (Å²) < 4.78 is 0. The number of quaternary nitrogens is 1. The fraction of sp³-hybridized carbons (Fsp3) is 0.435. The van der Waals surface area contributed by atoms with Gasteiger partial charge in [0, 0.05) is 17.0 Å². The van der Waals surface area contributed by atoms with Gasteiger partial charge in [0.05, 0.1) is 5.69 Å². The molecule has 2 aromatic rings. The Balaban J connectivity index is 0.00000280. The summed E-state index contributed by atoms with van der Waals surface area (Å²) in [5.74, 6) is 0.754. The molecule has 0 saturated carbocycles. The Morgan fingerprint density at radius 2 is 1.61 bits per heavy atom. The third-order valence-corrected chi connectivity index (χ3v) is 5.69. The number of para-hydroxylation sites is 1. The molecular weight excluding hydrogens is 370 g/mol. The highest BCUT2D eigenvalue weighted by Gasteiger charge is 2.25. The van der Waals surface area contributed by atoms with Gasteiger partial charge < -0.3 is 28.4 Å². The van der Waals surface area contributed by atoms with E-state index in [9.17, 15) is 4.79 Å². The topological polar surface area (TPSA) is 60.0 Å². The number of hydrogen-bond donors (Lipinski definition) is 2. The number of hydrogen-bond acceptors (Lipinski definition) is 2. The van der Waals surface area contributed by atoms with Crippen LogP contribution in [-0.2, 0) is 4.79 Å².